The van der Waals surface area contributed by atoms with E-state index >= 15 is 0 Å². The highest BCUT2D eigenvalue weighted by molar-refractivity contribution is 8.48. The van der Waals surface area contributed by atoms with Gasteiger partial charge in [0.25, 0.3) is 0 Å². The summed E-state index contributed by atoms with van der Waals surface area (Å²) in [7, 11) is 0. The van der Waals surface area contributed by atoms with Crippen LogP contribution in [0.2, 0.25) is 0 Å². The molecule has 0 radical (unpaired) electrons. The van der Waals surface area contributed by atoms with E-state index in [0.29, 0.717) is 4.58 Å². The standard InChI is InChI=1S/C14H14S10/c1-5-6(2)18-9(17-5)10-21-13-14(22-10)24-12(23-13)11-19-7-8(20-11)16-4-3-15-7/h5-6,9-10H,3-4H2,1-2H3/t5-,6-/m0/s1. The van der Waals surface area contributed by atoms with Gasteiger partial charge in [-0.3, -0.25) is 0 Å². The van der Waals surface area contributed by atoms with Crippen LogP contribution >= 0.6 is 118 Å². The van der Waals surface area contributed by atoms with E-state index in [1.807, 2.05) is 47.0 Å². The summed E-state index contributed by atoms with van der Waals surface area (Å²) >= 11 is 20.9. The van der Waals surface area contributed by atoms with Gasteiger partial charge in [-0.25, -0.2) is 0 Å². The maximum Gasteiger partial charge on any atom is 0.0818 e. The van der Waals surface area contributed by atoms with Crippen molar-refractivity contribution < 1.29 is 0 Å². The fourth-order valence-corrected chi connectivity index (χ4v) is 19.9. The highest BCUT2D eigenvalue weighted by Gasteiger charge is 2.43. The van der Waals surface area contributed by atoms with Crippen LogP contribution in [0.3, 0.4) is 0 Å². The van der Waals surface area contributed by atoms with E-state index in [1.165, 1.54) is 20.0 Å². The summed E-state index contributed by atoms with van der Waals surface area (Å²) in [6.07, 6.45) is 0. The molecule has 5 rings (SSSR count). The van der Waals surface area contributed by atoms with Gasteiger partial charge in [0.2, 0.25) is 0 Å². The third-order valence-electron chi connectivity index (χ3n) is 3.82. The molecule has 0 spiro atoms. The zero-order chi connectivity index (χ0) is 16.3. The molecule has 0 aromatic rings. The summed E-state index contributed by atoms with van der Waals surface area (Å²) in [5.74, 6) is 2.55. The quantitative estimate of drug-likeness (QED) is 0.342. The normalized spacial score (nSPS) is 34.8. The molecule has 0 aromatic carbocycles. The van der Waals surface area contributed by atoms with Crippen LogP contribution in [0.5, 0.6) is 0 Å². The first-order chi connectivity index (χ1) is 11.7. The molecular weight excluding hydrogens is 489 g/mol. The van der Waals surface area contributed by atoms with Crippen molar-refractivity contribution in [2.24, 2.45) is 0 Å². The minimum absolute atomic E-state index is 0.713. The van der Waals surface area contributed by atoms with Crippen LogP contribution < -0.4 is 0 Å². The molecule has 130 valence electrons. The first kappa shape index (κ1) is 18.7. The first-order valence-electron chi connectivity index (χ1n) is 7.51. The molecule has 10 heteroatoms. The first-order valence-corrected chi connectivity index (χ1v) is 16.4. The van der Waals surface area contributed by atoms with Gasteiger partial charge in [0, 0.05) is 22.0 Å². The Kier molecular flexibility index (Phi) is 6.13. The molecule has 5 aliphatic heterocycles. The summed E-state index contributed by atoms with van der Waals surface area (Å²) in [5.41, 5.74) is 0. The third kappa shape index (κ3) is 3.65. The second-order valence-corrected chi connectivity index (χ2v) is 19.3. The van der Waals surface area contributed by atoms with Crippen LogP contribution in [0, 0.1) is 0 Å². The zero-order valence-electron chi connectivity index (χ0n) is 12.8. The van der Waals surface area contributed by atoms with E-state index in [1.54, 1.807) is 16.9 Å². The molecule has 5 aliphatic rings. The lowest BCUT2D eigenvalue weighted by Crippen LogP contribution is -2.07. The van der Waals surface area contributed by atoms with Crippen LogP contribution in [-0.2, 0) is 0 Å². The van der Waals surface area contributed by atoms with E-state index in [4.69, 9.17) is 0 Å². The van der Waals surface area contributed by atoms with E-state index in [-0.39, 0.29) is 0 Å². The number of hydrogen-bond acceptors (Lipinski definition) is 10. The zero-order valence-corrected chi connectivity index (χ0v) is 21.0. The molecule has 5 heterocycles. The number of hydrogen-bond donors (Lipinski definition) is 0. The second kappa shape index (κ2) is 7.86. The molecule has 0 nitrogen and oxygen atoms in total. The highest BCUT2D eigenvalue weighted by atomic mass is 32.3. The minimum atomic E-state index is 0.713. The molecule has 1 saturated heterocycles. The van der Waals surface area contributed by atoms with Crippen molar-refractivity contribution in [1.29, 1.82) is 0 Å². The van der Waals surface area contributed by atoms with Crippen LogP contribution in [0.25, 0.3) is 0 Å². The predicted octanol–water partition coefficient (Wildman–Crippen LogP) is 8.20. The van der Waals surface area contributed by atoms with Crippen molar-refractivity contribution in [2.45, 2.75) is 33.5 Å². The maximum atomic E-state index is 2.39. The van der Waals surface area contributed by atoms with Gasteiger partial charge in [0.15, 0.2) is 0 Å². The SMILES string of the molecule is C[C@@H]1SC(C2SC3=C(SC(=C4SC5=C(SCCS5)S4)S3)S2)S[C@H]1C. The molecule has 0 bridgehead atoms. The fourth-order valence-electron chi connectivity index (χ4n) is 2.45. The van der Waals surface area contributed by atoms with Gasteiger partial charge in [-0.2, -0.15) is 0 Å². The lowest BCUT2D eigenvalue weighted by molar-refractivity contribution is 0.941. The molecule has 0 aromatic heterocycles. The van der Waals surface area contributed by atoms with Gasteiger partial charge in [0.1, 0.15) is 0 Å². The van der Waals surface area contributed by atoms with E-state index in [2.05, 4.69) is 84.4 Å². The average Bonchev–Trinajstić information content (AvgIpc) is 3.29. The van der Waals surface area contributed by atoms with Crippen molar-refractivity contribution in [3.8, 4) is 0 Å². The van der Waals surface area contributed by atoms with Crippen LogP contribution in [0.15, 0.2) is 25.4 Å². The third-order valence-corrected chi connectivity index (χ3v) is 20.5. The number of rotatable bonds is 1. The van der Waals surface area contributed by atoms with Crippen LogP contribution in [-0.4, -0.2) is 31.2 Å². The molecule has 0 amide bonds. The molecule has 0 unspecified atom stereocenters. The van der Waals surface area contributed by atoms with Gasteiger partial charge >= 0.3 is 0 Å². The Bertz CT molecular complexity index is 614. The van der Waals surface area contributed by atoms with Gasteiger partial charge in [-0.15, -0.1) is 70.6 Å². The molecule has 24 heavy (non-hydrogen) atoms. The lowest BCUT2D eigenvalue weighted by Gasteiger charge is -2.17. The van der Waals surface area contributed by atoms with Crippen LogP contribution in [0.4, 0.5) is 0 Å². The van der Waals surface area contributed by atoms with Crippen molar-refractivity contribution in [3.05, 3.63) is 25.4 Å². The topological polar surface area (TPSA) is 0 Å². The second-order valence-electron chi connectivity index (χ2n) is 5.48. The smallest absolute Gasteiger partial charge is 0.0818 e. The van der Waals surface area contributed by atoms with Crippen molar-refractivity contribution in [2.75, 3.05) is 11.5 Å². The highest BCUT2D eigenvalue weighted by Crippen LogP contribution is 2.71. The Hall–Kier alpha value is 2.72. The fraction of sp³-hybridized carbons (Fsp3) is 0.571. The Morgan fingerprint density at radius 2 is 1.04 bits per heavy atom. The summed E-state index contributed by atoms with van der Waals surface area (Å²) in [5, 5.41) is 1.60. The molecule has 0 saturated carbocycles. The van der Waals surface area contributed by atoms with Crippen molar-refractivity contribution >= 4 is 118 Å². The minimum Gasteiger partial charge on any atom is -0.141 e. The van der Waals surface area contributed by atoms with E-state index < -0.39 is 0 Å². The molecule has 0 aliphatic carbocycles. The summed E-state index contributed by atoms with van der Waals surface area (Å²) < 4.78 is 10.8. The van der Waals surface area contributed by atoms with E-state index in [9.17, 15) is 0 Å². The van der Waals surface area contributed by atoms with Crippen molar-refractivity contribution in [3.63, 3.8) is 0 Å². The summed E-state index contributed by atoms with van der Waals surface area (Å²) in [6, 6.07) is 0. The Morgan fingerprint density at radius 1 is 0.583 bits per heavy atom. The Morgan fingerprint density at radius 3 is 1.54 bits per heavy atom. The monoisotopic (exact) mass is 502 g/mol. The molecule has 2 atom stereocenters. The van der Waals surface area contributed by atoms with Gasteiger partial charge < -0.3 is 0 Å². The van der Waals surface area contributed by atoms with Gasteiger partial charge in [0.05, 0.1) is 34.6 Å². The summed E-state index contributed by atoms with van der Waals surface area (Å²) in [4.78, 5) is 0. The van der Waals surface area contributed by atoms with Crippen molar-refractivity contribution in [1.82, 2.24) is 0 Å². The van der Waals surface area contributed by atoms with Gasteiger partial charge in [-0.05, 0) is 0 Å². The Labute approximate surface area is 186 Å². The van der Waals surface area contributed by atoms with E-state index in [0.717, 1.165) is 15.1 Å². The lowest BCUT2D eigenvalue weighted by atomic mass is 10.4. The van der Waals surface area contributed by atoms with Crippen LogP contribution in [0.1, 0.15) is 13.8 Å². The molecular formula is C14H14S10. The maximum absolute atomic E-state index is 2.39. The number of thioether (sulfide) groups is 10. The van der Waals surface area contributed by atoms with Gasteiger partial charge in [-0.1, -0.05) is 60.9 Å². The molecule has 0 N–H and O–H groups in total. The molecule has 1 fully saturated rings. The summed E-state index contributed by atoms with van der Waals surface area (Å²) in [6.45, 7) is 4.78. The Balaban J connectivity index is 1.23. The predicted molar refractivity (Wildman–Crippen MR) is 133 cm³/mol. The average molecular weight is 503 g/mol. The largest absolute Gasteiger partial charge is 0.141 e.